The molecule has 0 atom stereocenters. The molecule has 2 aromatic heterocycles. The number of amides is 1. The van der Waals surface area contributed by atoms with E-state index in [2.05, 4.69) is 31.3 Å². The molecular formula is C17H15BrN4O. The summed E-state index contributed by atoms with van der Waals surface area (Å²) in [6, 6.07) is 13.3. The number of carbonyl (C=O) groups is 1. The molecule has 0 radical (unpaired) electrons. The standard InChI is InChI=1S/C17H15BrN4O/c1-11-4-3-5-16(20-11)21-17(23)15-10-19-22(12(15)2)14-8-6-13(18)7-9-14/h3-10H,1-2H3,(H,20,21,23). The highest BCUT2D eigenvalue weighted by Crippen LogP contribution is 2.18. The molecule has 1 N–H and O–H groups in total. The number of nitrogens with zero attached hydrogens (tertiary/aromatic N) is 3. The van der Waals surface area contributed by atoms with E-state index in [0.29, 0.717) is 11.4 Å². The lowest BCUT2D eigenvalue weighted by molar-refractivity contribution is 0.102. The molecule has 116 valence electrons. The van der Waals surface area contributed by atoms with Gasteiger partial charge in [-0.15, -0.1) is 0 Å². The van der Waals surface area contributed by atoms with E-state index in [1.807, 2.05) is 50.2 Å². The van der Waals surface area contributed by atoms with Gasteiger partial charge in [-0.1, -0.05) is 22.0 Å². The van der Waals surface area contributed by atoms with Crippen LogP contribution in [-0.4, -0.2) is 20.7 Å². The summed E-state index contributed by atoms with van der Waals surface area (Å²) < 4.78 is 2.74. The van der Waals surface area contributed by atoms with Gasteiger partial charge in [-0.05, 0) is 50.2 Å². The van der Waals surface area contributed by atoms with Gasteiger partial charge in [-0.3, -0.25) is 4.79 Å². The quantitative estimate of drug-likeness (QED) is 0.760. The molecule has 0 aliphatic rings. The molecule has 0 spiro atoms. The van der Waals surface area contributed by atoms with Gasteiger partial charge in [0.15, 0.2) is 0 Å². The predicted molar refractivity (Wildman–Crippen MR) is 92.9 cm³/mol. The van der Waals surface area contributed by atoms with E-state index < -0.39 is 0 Å². The number of nitrogens with one attached hydrogen (secondary N) is 1. The van der Waals surface area contributed by atoms with Crippen molar-refractivity contribution in [1.82, 2.24) is 14.8 Å². The first-order valence-electron chi connectivity index (χ1n) is 7.10. The Labute approximate surface area is 142 Å². The summed E-state index contributed by atoms with van der Waals surface area (Å²) in [6.07, 6.45) is 1.57. The van der Waals surface area contributed by atoms with Crippen LogP contribution in [0, 0.1) is 13.8 Å². The number of anilines is 1. The molecule has 2 heterocycles. The Morgan fingerprint density at radius 3 is 2.57 bits per heavy atom. The van der Waals surface area contributed by atoms with Crippen molar-refractivity contribution in [3.63, 3.8) is 0 Å². The summed E-state index contributed by atoms with van der Waals surface area (Å²) in [7, 11) is 0. The summed E-state index contributed by atoms with van der Waals surface area (Å²) in [5, 5.41) is 7.12. The monoisotopic (exact) mass is 370 g/mol. The van der Waals surface area contributed by atoms with Crippen LogP contribution in [-0.2, 0) is 0 Å². The fourth-order valence-electron chi connectivity index (χ4n) is 2.27. The number of hydrogen-bond acceptors (Lipinski definition) is 3. The average molecular weight is 371 g/mol. The van der Waals surface area contributed by atoms with Crippen molar-refractivity contribution < 1.29 is 4.79 Å². The predicted octanol–water partition coefficient (Wildman–Crippen LogP) is 3.90. The highest BCUT2D eigenvalue weighted by Gasteiger charge is 2.15. The Bertz CT molecular complexity index is 855. The van der Waals surface area contributed by atoms with Crippen LogP contribution < -0.4 is 5.32 Å². The summed E-state index contributed by atoms with van der Waals surface area (Å²) in [6.45, 7) is 3.75. The second-order valence-electron chi connectivity index (χ2n) is 5.15. The Hall–Kier alpha value is -2.47. The van der Waals surface area contributed by atoms with Crippen LogP contribution in [0.15, 0.2) is 53.1 Å². The molecule has 3 aromatic rings. The first kappa shape index (κ1) is 15.4. The Morgan fingerprint density at radius 2 is 1.87 bits per heavy atom. The third-order valence-electron chi connectivity index (χ3n) is 3.46. The van der Waals surface area contributed by atoms with Crippen LogP contribution in [0.5, 0.6) is 0 Å². The molecule has 1 amide bonds. The third kappa shape index (κ3) is 3.32. The molecule has 23 heavy (non-hydrogen) atoms. The van der Waals surface area contributed by atoms with E-state index in [-0.39, 0.29) is 5.91 Å². The van der Waals surface area contributed by atoms with Crippen LogP contribution in [0.4, 0.5) is 5.82 Å². The minimum atomic E-state index is -0.219. The number of benzene rings is 1. The van der Waals surface area contributed by atoms with Crippen LogP contribution in [0.2, 0.25) is 0 Å². The van der Waals surface area contributed by atoms with Crippen molar-refractivity contribution in [3.05, 3.63) is 70.1 Å². The lowest BCUT2D eigenvalue weighted by atomic mass is 10.2. The maximum absolute atomic E-state index is 12.4. The maximum atomic E-state index is 12.4. The number of carbonyl (C=O) groups excluding carboxylic acids is 1. The molecule has 5 nitrogen and oxygen atoms in total. The number of aromatic nitrogens is 3. The largest absolute Gasteiger partial charge is 0.306 e. The minimum absolute atomic E-state index is 0.219. The normalized spacial score (nSPS) is 10.6. The molecule has 1 aromatic carbocycles. The number of halogens is 1. The molecule has 0 saturated heterocycles. The fraction of sp³-hybridized carbons (Fsp3) is 0.118. The summed E-state index contributed by atoms with van der Waals surface area (Å²) in [4.78, 5) is 16.7. The molecular weight excluding hydrogens is 356 g/mol. The van der Waals surface area contributed by atoms with Crippen molar-refractivity contribution in [1.29, 1.82) is 0 Å². The Morgan fingerprint density at radius 1 is 1.13 bits per heavy atom. The van der Waals surface area contributed by atoms with Gasteiger partial charge in [0.2, 0.25) is 0 Å². The van der Waals surface area contributed by atoms with E-state index in [9.17, 15) is 4.79 Å². The van der Waals surface area contributed by atoms with E-state index >= 15 is 0 Å². The first-order valence-corrected chi connectivity index (χ1v) is 7.89. The van der Waals surface area contributed by atoms with E-state index in [1.54, 1.807) is 16.9 Å². The molecule has 0 aliphatic carbocycles. The van der Waals surface area contributed by atoms with Crippen LogP contribution in [0.3, 0.4) is 0 Å². The van der Waals surface area contributed by atoms with Crippen molar-refractivity contribution in [2.75, 3.05) is 5.32 Å². The van der Waals surface area contributed by atoms with Gasteiger partial charge in [-0.25, -0.2) is 9.67 Å². The van der Waals surface area contributed by atoms with Crippen molar-refractivity contribution in [2.45, 2.75) is 13.8 Å². The lowest BCUT2D eigenvalue weighted by Crippen LogP contribution is -2.14. The van der Waals surface area contributed by atoms with Crippen LogP contribution in [0.1, 0.15) is 21.7 Å². The Balaban J connectivity index is 1.86. The van der Waals surface area contributed by atoms with Crippen LogP contribution >= 0.6 is 15.9 Å². The van der Waals surface area contributed by atoms with Gasteiger partial charge >= 0.3 is 0 Å². The van der Waals surface area contributed by atoms with Gasteiger partial charge in [0.1, 0.15) is 5.82 Å². The molecule has 3 rings (SSSR count). The number of aryl methyl sites for hydroxylation is 1. The first-order chi connectivity index (χ1) is 11.0. The summed E-state index contributed by atoms with van der Waals surface area (Å²) in [5.41, 5.74) is 3.05. The molecule has 0 aliphatic heterocycles. The molecule has 0 bridgehead atoms. The van der Waals surface area contributed by atoms with E-state index in [1.165, 1.54) is 0 Å². The van der Waals surface area contributed by atoms with Crippen molar-refractivity contribution >= 4 is 27.7 Å². The second kappa shape index (κ2) is 6.34. The highest BCUT2D eigenvalue weighted by atomic mass is 79.9. The van der Waals surface area contributed by atoms with E-state index in [0.717, 1.165) is 21.5 Å². The second-order valence-corrected chi connectivity index (χ2v) is 6.07. The van der Waals surface area contributed by atoms with Crippen LogP contribution in [0.25, 0.3) is 5.69 Å². The zero-order chi connectivity index (χ0) is 16.4. The Kier molecular flexibility index (Phi) is 4.25. The van der Waals surface area contributed by atoms with Gasteiger partial charge in [0, 0.05) is 10.2 Å². The molecule has 6 heteroatoms. The van der Waals surface area contributed by atoms with Gasteiger partial charge < -0.3 is 5.32 Å². The van der Waals surface area contributed by atoms with Gasteiger partial charge in [0.25, 0.3) is 5.91 Å². The van der Waals surface area contributed by atoms with Crippen molar-refractivity contribution in [2.24, 2.45) is 0 Å². The number of hydrogen-bond donors (Lipinski definition) is 1. The zero-order valence-electron chi connectivity index (χ0n) is 12.7. The molecule has 0 saturated carbocycles. The number of rotatable bonds is 3. The fourth-order valence-corrected chi connectivity index (χ4v) is 2.54. The van der Waals surface area contributed by atoms with Gasteiger partial charge in [-0.2, -0.15) is 5.10 Å². The minimum Gasteiger partial charge on any atom is -0.306 e. The molecule has 0 unspecified atom stereocenters. The van der Waals surface area contributed by atoms with Gasteiger partial charge in [0.05, 0.1) is 23.1 Å². The summed E-state index contributed by atoms with van der Waals surface area (Å²) in [5.74, 6) is 0.315. The average Bonchev–Trinajstić information content (AvgIpc) is 2.90. The smallest absolute Gasteiger partial charge is 0.260 e. The zero-order valence-corrected chi connectivity index (χ0v) is 14.3. The van der Waals surface area contributed by atoms with E-state index in [4.69, 9.17) is 0 Å². The topological polar surface area (TPSA) is 59.8 Å². The van der Waals surface area contributed by atoms with Crippen molar-refractivity contribution in [3.8, 4) is 5.69 Å². The highest BCUT2D eigenvalue weighted by molar-refractivity contribution is 9.10. The lowest BCUT2D eigenvalue weighted by Gasteiger charge is -2.07. The number of pyridine rings is 1. The third-order valence-corrected chi connectivity index (χ3v) is 3.98. The summed E-state index contributed by atoms with van der Waals surface area (Å²) >= 11 is 3.41. The SMILES string of the molecule is Cc1cccc(NC(=O)c2cnn(-c3ccc(Br)cc3)c2C)n1. The molecule has 0 fully saturated rings. The maximum Gasteiger partial charge on any atom is 0.260 e.